The molecule has 2 fully saturated rings. The van der Waals surface area contributed by atoms with Crippen LogP contribution in [-0.4, -0.2) is 50.3 Å². The van der Waals surface area contributed by atoms with Crippen LogP contribution in [0.5, 0.6) is 0 Å². The Hall–Kier alpha value is -2.85. The topological polar surface area (TPSA) is 111 Å². The lowest BCUT2D eigenvalue weighted by Gasteiger charge is -2.45. The Kier molecular flexibility index (Phi) is 4.70. The Bertz CT molecular complexity index is 851. The number of hydrogen-bond acceptors (Lipinski definition) is 6. The first kappa shape index (κ1) is 18.9. The zero-order valence-electron chi connectivity index (χ0n) is 15.0. The number of benzene rings is 1. The second-order valence-electron chi connectivity index (χ2n) is 6.84. The fourth-order valence-electron chi connectivity index (χ4n) is 3.13. The van der Waals surface area contributed by atoms with Gasteiger partial charge in [-0.25, -0.2) is 5.01 Å². The molecule has 0 spiro atoms. The van der Waals surface area contributed by atoms with E-state index in [9.17, 15) is 19.2 Å². The lowest BCUT2D eigenvalue weighted by molar-refractivity contribution is -0.154. The molecule has 0 aliphatic carbocycles. The standard InChI is InChI=1S/C17H19N5O4S/c1-9(23)18-10-4-6-11(7-5-10)19-14(25)12-8-13(24)21-16(27)20-15(26)17(2,3)22(12)21/h4-7,12H,8H2,1-3H3,(H,18,23)(H,19,25)(H,20,26,27). The van der Waals surface area contributed by atoms with Gasteiger partial charge in [0.15, 0.2) is 5.11 Å². The Morgan fingerprint density at radius 3 is 2.26 bits per heavy atom. The lowest BCUT2D eigenvalue weighted by atomic mass is 10.00. The average Bonchev–Trinajstić information content (AvgIpc) is 2.93. The van der Waals surface area contributed by atoms with Crippen LogP contribution in [0.2, 0.25) is 0 Å². The summed E-state index contributed by atoms with van der Waals surface area (Å²) in [7, 11) is 0. The van der Waals surface area contributed by atoms with Gasteiger partial charge in [-0.15, -0.1) is 0 Å². The largest absolute Gasteiger partial charge is 0.326 e. The third-order valence-corrected chi connectivity index (χ3v) is 4.71. The first-order chi connectivity index (χ1) is 12.6. The second kappa shape index (κ2) is 6.71. The maximum Gasteiger partial charge on any atom is 0.248 e. The Balaban J connectivity index is 1.80. The number of rotatable bonds is 3. The van der Waals surface area contributed by atoms with E-state index in [-0.39, 0.29) is 29.3 Å². The normalized spacial score (nSPS) is 21.5. The summed E-state index contributed by atoms with van der Waals surface area (Å²) in [6, 6.07) is 5.70. The number of nitrogens with one attached hydrogen (secondary N) is 3. The van der Waals surface area contributed by atoms with Crippen LogP contribution in [0.4, 0.5) is 11.4 Å². The Morgan fingerprint density at radius 2 is 1.70 bits per heavy atom. The molecule has 1 unspecified atom stereocenters. The molecule has 3 rings (SSSR count). The molecule has 2 saturated heterocycles. The van der Waals surface area contributed by atoms with Crippen molar-refractivity contribution in [3.8, 4) is 0 Å². The highest BCUT2D eigenvalue weighted by atomic mass is 32.1. The number of carbonyl (C=O) groups is 4. The number of hydrogen-bond donors (Lipinski definition) is 3. The molecular weight excluding hydrogens is 370 g/mol. The molecule has 0 aromatic heterocycles. The molecule has 2 aliphatic rings. The average molecular weight is 389 g/mol. The molecule has 1 aromatic rings. The molecule has 3 N–H and O–H groups in total. The van der Waals surface area contributed by atoms with Gasteiger partial charge in [0.1, 0.15) is 11.6 Å². The summed E-state index contributed by atoms with van der Waals surface area (Å²) in [4.78, 5) is 48.5. The molecule has 0 radical (unpaired) electrons. The van der Waals surface area contributed by atoms with Crippen LogP contribution >= 0.6 is 12.2 Å². The SMILES string of the molecule is CC(=O)Nc1ccc(NC(=O)C2CC(=O)N3C(=S)NC(=O)C(C)(C)N23)cc1. The minimum absolute atomic E-state index is 0.0284. The summed E-state index contributed by atoms with van der Waals surface area (Å²) < 4.78 is 0. The van der Waals surface area contributed by atoms with Gasteiger partial charge in [0, 0.05) is 18.3 Å². The van der Waals surface area contributed by atoms with Crippen molar-refractivity contribution in [2.24, 2.45) is 0 Å². The van der Waals surface area contributed by atoms with E-state index < -0.39 is 17.5 Å². The zero-order valence-corrected chi connectivity index (χ0v) is 15.8. The van der Waals surface area contributed by atoms with Crippen LogP contribution in [-0.2, 0) is 19.2 Å². The first-order valence-electron chi connectivity index (χ1n) is 8.27. The monoisotopic (exact) mass is 389 g/mol. The molecule has 2 aliphatic heterocycles. The van der Waals surface area contributed by atoms with E-state index in [1.165, 1.54) is 16.9 Å². The first-order valence-corrected chi connectivity index (χ1v) is 8.68. The number of hydrazine groups is 1. The Labute approximate surface area is 161 Å². The highest BCUT2D eigenvalue weighted by Gasteiger charge is 2.56. The van der Waals surface area contributed by atoms with Gasteiger partial charge < -0.3 is 10.6 Å². The van der Waals surface area contributed by atoms with Gasteiger partial charge in [0.25, 0.3) is 0 Å². The molecule has 2 heterocycles. The van der Waals surface area contributed by atoms with Gasteiger partial charge in [-0.05, 0) is 50.3 Å². The highest BCUT2D eigenvalue weighted by Crippen LogP contribution is 2.33. The van der Waals surface area contributed by atoms with E-state index in [2.05, 4.69) is 16.0 Å². The third kappa shape index (κ3) is 3.40. The summed E-state index contributed by atoms with van der Waals surface area (Å²) in [5.74, 6) is -1.35. The molecule has 10 heteroatoms. The molecule has 27 heavy (non-hydrogen) atoms. The fourth-order valence-corrected chi connectivity index (χ4v) is 3.41. The van der Waals surface area contributed by atoms with Crippen molar-refractivity contribution in [3.05, 3.63) is 24.3 Å². The van der Waals surface area contributed by atoms with Crippen molar-refractivity contribution in [1.29, 1.82) is 0 Å². The summed E-state index contributed by atoms with van der Waals surface area (Å²) in [6.07, 6.45) is -0.0889. The van der Waals surface area contributed by atoms with E-state index in [1.54, 1.807) is 38.1 Å². The zero-order chi connectivity index (χ0) is 19.9. The van der Waals surface area contributed by atoms with E-state index in [4.69, 9.17) is 12.2 Å². The number of carbonyl (C=O) groups excluding carboxylic acids is 4. The lowest BCUT2D eigenvalue weighted by Crippen LogP contribution is -2.71. The molecule has 0 saturated carbocycles. The van der Waals surface area contributed by atoms with Gasteiger partial charge in [0.2, 0.25) is 23.6 Å². The Morgan fingerprint density at radius 1 is 1.15 bits per heavy atom. The van der Waals surface area contributed by atoms with Gasteiger partial charge >= 0.3 is 0 Å². The van der Waals surface area contributed by atoms with Gasteiger partial charge in [-0.2, -0.15) is 5.01 Å². The predicted molar refractivity (Wildman–Crippen MR) is 101 cm³/mol. The van der Waals surface area contributed by atoms with Crippen LogP contribution in [0.15, 0.2) is 24.3 Å². The van der Waals surface area contributed by atoms with Crippen molar-refractivity contribution in [3.63, 3.8) is 0 Å². The van der Waals surface area contributed by atoms with Crippen molar-refractivity contribution < 1.29 is 19.2 Å². The fraction of sp³-hybridized carbons (Fsp3) is 0.353. The molecule has 1 atom stereocenters. The van der Waals surface area contributed by atoms with Crippen LogP contribution in [0.3, 0.4) is 0 Å². The van der Waals surface area contributed by atoms with Crippen molar-refractivity contribution in [1.82, 2.24) is 15.3 Å². The minimum Gasteiger partial charge on any atom is -0.326 e. The molecule has 9 nitrogen and oxygen atoms in total. The maximum absolute atomic E-state index is 12.8. The van der Waals surface area contributed by atoms with Crippen LogP contribution in [0.1, 0.15) is 27.2 Å². The molecule has 142 valence electrons. The van der Waals surface area contributed by atoms with E-state index in [1.807, 2.05) is 0 Å². The number of nitrogens with zero attached hydrogens (tertiary/aromatic N) is 2. The summed E-state index contributed by atoms with van der Waals surface area (Å²) >= 11 is 5.08. The number of amides is 4. The molecule has 1 aromatic carbocycles. The van der Waals surface area contributed by atoms with Gasteiger partial charge in [0.05, 0.1) is 6.42 Å². The smallest absolute Gasteiger partial charge is 0.248 e. The van der Waals surface area contributed by atoms with Crippen LogP contribution < -0.4 is 16.0 Å². The highest BCUT2D eigenvalue weighted by molar-refractivity contribution is 7.80. The summed E-state index contributed by atoms with van der Waals surface area (Å²) in [5.41, 5.74) is -0.0186. The van der Waals surface area contributed by atoms with E-state index in [0.29, 0.717) is 11.4 Å². The third-order valence-electron chi connectivity index (χ3n) is 4.43. The maximum atomic E-state index is 12.8. The van der Waals surface area contributed by atoms with Gasteiger partial charge in [-0.1, -0.05) is 0 Å². The van der Waals surface area contributed by atoms with Crippen molar-refractivity contribution in [2.45, 2.75) is 38.8 Å². The number of thiocarbonyl (C=S) groups is 1. The van der Waals surface area contributed by atoms with Crippen molar-refractivity contribution in [2.75, 3.05) is 10.6 Å². The predicted octanol–water partition coefficient (Wildman–Crippen LogP) is 0.595. The summed E-state index contributed by atoms with van der Waals surface area (Å²) in [5, 5.41) is 10.4. The van der Waals surface area contributed by atoms with E-state index >= 15 is 0 Å². The minimum atomic E-state index is -1.12. The second-order valence-corrected chi connectivity index (χ2v) is 7.22. The van der Waals surface area contributed by atoms with Gasteiger partial charge in [-0.3, -0.25) is 24.5 Å². The van der Waals surface area contributed by atoms with Crippen LogP contribution in [0, 0.1) is 0 Å². The van der Waals surface area contributed by atoms with Crippen LogP contribution in [0.25, 0.3) is 0 Å². The number of fused-ring (bicyclic) bond motifs is 1. The van der Waals surface area contributed by atoms with Crippen molar-refractivity contribution >= 4 is 52.3 Å². The molecule has 0 bridgehead atoms. The molecular formula is C17H19N5O4S. The number of anilines is 2. The quantitative estimate of drug-likeness (QED) is 0.653. The van der Waals surface area contributed by atoms with E-state index in [0.717, 1.165) is 0 Å². The summed E-state index contributed by atoms with van der Waals surface area (Å²) in [6.45, 7) is 4.65. The molecule has 4 amide bonds.